The van der Waals surface area contributed by atoms with Crippen LogP contribution in [-0.4, -0.2) is 10.9 Å². The van der Waals surface area contributed by atoms with Crippen molar-refractivity contribution in [2.45, 2.75) is 27.2 Å². The summed E-state index contributed by atoms with van der Waals surface area (Å²) < 4.78 is 0.904. The third-order valence-corrected chi connectivity index (χ3v) is 4.31. The third kappa shape index (κ3) is 3.70. The summed E-state index contributed by atoms with van der Waals surface area (Å²) in [6.07, 6.45) is 2.50. The molecule has 2 rings (SSSR count). The van der Waals surface area contributed by atoms with Gasteiger partial charge in [-0.15, -0.1) is 0 Å². The lowest BCUT2D eigenvalue weighted by molar-refractivity contribution is -0.124. The summed E-state index contributed by atoms with van der Waals surface area (Å²) in [5.41, 5.74) is 1.69. The van der Waals surface area contributed by atoms with E-state index >= 15 is 0 Å². The van der Waals surface area contributed by atoms with Crippen LogP contribution in [0.4, 0.5) is 5.82 Å². The number of anilines is 1. The van der Waals surface area contributed by atoms with E-state index in [9.17, 15) is 4.79 Å². The lowest BCUT2D eigenvalue weighted by atomic mass is 9.89. The predicted molar refractivity (Wildman–Crippen MR) is 90.1 cm³/mol. The largest absolute Gasteiger partial charge is 0.310 e. The minimum Gasteiger partial charge on any atom is -0.310 e. The zero-order valence-electron chi connectivity index (χ0n) is 12.5. The number of amides is 1. The van der Waals surface area contributed by atoms with Crippen molar-refractivity contribution in [2.75, 3.05) is 5.32 Å². The molecule has 0 atom stereocenters. The first kappa shape index (κ1) is 15.7. The molecule has 0 saturated carbocycles. The smallest absolute Gasteiger partial charge is 0.231 e. The molecule has 0 aliphatic rings. The number of carbonyl (C=O) groups is 1. The fourth-order valence-electron chi connectivity index (χ4n) is 1.79. The molecule has 4 heteroatoms. The minimum atomic E-state index is -0.401. The van der Waals surface area contributed by atoms with Crippen LogP contribution in [0.2, 0.25) is 0 Å². The van der Waals surface area contributed by atoms with E-state index < -0.39 is 5.41 Å². The van der Waals surface area contributed by atoms with E-state index in [2.05, 4.69) is 26.2 Å². The van der Waals surface area contributed by atoms with Crippen LogP contribution in [0.5, 0.6) is 0 Å². The van der Waals surface area contributed by atoms with Crippen LogP contribution in [0.15, 0.2) is 47.1 Å². The van der Waals surface area contributed by atoms with Gasteiger partial charge in [-0.05, 0) is 34.0 Å². The van der Waals surface area contributed by atoms with E-state index in [1.807, 2.05) is 57.2 Å². The second-order valence-electron chi connectivity index (χ2n) is 5.61. The number of carbonyl (C=O) groups excluding carboxylic acids is 1. The summed E-state index contributed by atoms with van der Waals surface area (Å²) in [6, 6.07) is 11.9. The molecule has 1 N–H and O–H groups in total. The van der Waals surface area contributed by atoms with Crippen molar-refractivity contribution in [3.63, 3.8) is 0 Å². The molecular formula is C17H19BrN2O. The van der Waals surface area contributed by atoms with Gasteiger partial charge in [-0.25, -0.2) is 4.98 Å². The Kier molecular flexibility index (Phi) is 4.78. The average molecular weight is 347 g/mol. The summed E-state index contributed by atoms with van der Waals surface area (Å²) in [5, 5.41) is 2.90. The molecule has 1 aromatic heterocycles. The topological polar surface area (TPSA) is 42.0 Å². The Morgan fingerprint density at radius 3 is 2.57 bits per heavy atom. The molecule has 1 heterocycles. The Labute approximate surface area is 133 Å². The molecular weight excluding hydrogens is 328 g/mol. The molecule has 0 bridgehead atoms. The number of hydrogen-bond acceptors (Lipinski definition) is 2. The van der Waals surface area contributed by atoms with Gasteiger partial charge in [0.15, 0.2) is 0 Å². The second kappa shape index (κ2) is 6.39. The van der Waals surface area contributed by atoms with Gasteiger partial charge in [-0.2, -0.15) is 0 Å². The highest BCUT2D eigenvalue weighted by molar-refractivity contribution is 9.10. The van der Waals surface area contributed by atoms with E-state index in [1.165, 1.54) is 0 Å². The molecule has 0 aliphatic carbocycles. The molecule has 3 nitrogen and oxygen atoms in total. The minimum absolute atomic E-state index is 0.0150. The maximum absolute atomic E-state index is 12.2. The molecule has 0 saturated heterocycles. The standard InChI is InChI=1S/C17H19BrN2O/c1-4-17(2,3)16(21)20-15-10-13(14(18)11-19-15)12-8-6-5-7-9-12/h5-11H,4H2,1-3H3,(H,19,20,21). The molecule has 0 fully saturated rings. The molecule has 0 unspecified atom stereocenters. The summed E-state index contributed by atoms with van der Waals surface area (Å²) >= 11 is 3.51. The number of nitrogens with zero attached hydrogens (tertiary/aromatic N) is 1. The van der Waals surface area contributed by atoms with Crippen LogP contribution in [0.25, 0.3) is 11.1 Å². The van der Waals surface area contributed by atoms with E-state index in [1.54, 1.807) is 6.20 Å². The Balaban J connectivity index is 2.30. The SMILES string of the molecule is CCC(C)(C)C(=O)Nc1cc(-c2ccccc2)c(Br)cn1. The molecule has 1 aromatic carbocycles. The fraction of sp³-hybridized carbons (Fsp3) is 0.294. The van der Waals surface area contributed by atoms with Crippen molar-refractivity contribution in [3.8, 4) is 11.1 Å². The molecule has 2 aromatic rings. The first-order valence-corrected chi connectivity index (χ1v) is 7.76. The number of hydrogen-bond donors (Lipinski definition) is 1. The Hall–Kier alpha value is -1.68. The Bertz CT molecular complexity index is 638. The summed E-state index contributed by atoms with van der Waals surface area (Å²) in [4.78, 5) is 16.5. The monoisotopic (exact) mass is 346 g/mol. The number of rotatable bonds is 4. The van der Waals surface area contributed by atoms with Crippen LogP contribution in [-0.2, 0) is 4.79 Å². The van der Waals surface area contributed by atoms with Crippen molar-refractivity contribution < 1.29 is 4.79 Å². The van der Waals surface area contributed by atoms with E-state index in [-0.39, 0.29) is 5.91 Å². The molecule has 21 heavy (non-hydrogen) atoms. The van der Waals surface area contributed by atoms with Crippen molar-refractivity contribution in [3.05, 3.63) is 47.1 Å². The van der Waals surface area contributed by atoms with Crippen LogP contribution in [0, 0.1) is 5.41 Å². The van der Waals surface area contributed by atoms with Crippen LogP contribution in [0.3, 0.4) is 0 Å². The number of benzene rings is 1. The predicted octanol–water partition coefficient (Wildman–Crippen LogP) is 4.89. The maximum Gasteiger partial charge on any atom is 0.231 e. The molecule has 0 radical (unpaired) electrons. The van der Waals surface area contributed by atoms with Crippen LogP contribution in [0.1, 0.15) is 27.2 Å². The van der Waals surface area contributed by atoms with E-state index in [0.717, 1.165) is 22.0 Å². The Morgan fingerprint density at radius 1 is 1.29 bits per heavy atom. The number of aromatic nitrogens is 1. The first-order chi connectivity index (χ1) is 9.94. The quantitative estimate of drug-likeness (QED) is 0.856. The molecule has 110 valence electrons. The van der Waals surface area contributed by atoms with Crippen molar-refractivity contribution in [2.24, 2.45) is 5.41 Å². The zero-order valence-corrected chi connectivity index (χ0v) is 14.1. The van der Waals surface area contributed by atoms with Crippen molar-refractivity contribution in [1.82, 2.24) is 4.98 Å². The Morgan fingerprint density at radius 2 is 1.95 bits per heavy atom. The lowest BCUT2D eigenvalue weighted by Crippen LogP contribution is -2.30. The van der Waals surface area contributed by atoms with Gasteiger partial charge >= 0.3 is 0 Å². The van der Waals surface area contributed by atoms with Gasteiger partial charge in [-0.1, -0.05) is 51.1 Å². The van der Waals surface area contributed by atoms with Crippen LogP contribution >= 0.6 is 15.9 Å². The lowest BCUT2D eigenvalue weighted by Gasteiger charge is -2.21. The highest BCUT2D eigenvalue weighted by Gasteiger charge is 2.25. The third-order valence-electron chi connectivity index (χ3n) is 3.68. The van der Waals surface area contributed by atoms with Crippen molar-refractivity contribution in [1.29, 1.82) is 0 Å². The van der Waals surface area contributed by atoms with Gasteiger partial charge in [-0.3, -0.25) is 4.79 Å². The van der Waals surface area contributed by atoms with Crippen molar-refractivity contribution >= 4 is 27.7 Å². The van der Waals surface area contributed by atoms with E-state index in [0.29, 0.717) is 5.82 Å². The summed E-state index contributed by atoms with van der Waals surface area (Å²) in [6.45, 7) is 5.86. The van der Waals surface area contributed by atoms with E-state index in [4.69, 9.17) is 0 Å². The maximum atomic E-state index is 12.2. The number of nitrogens with one attached hydrogen (secondary N) is 1. The first-order valence-electron chi connectivity index (χ1n) is 6.96. The van der Waals surface area contributed by atoms with Gasteiger partial charge < -0.3 is 5.32 Å². The highest BCUT2D eigenvalue weighted by Crippen LogP contribution is 2.30. The van der Waals surface area contributed by atoms with Gasteiger partial charge in [0.25, 0.3) is 0 Å². The second-order valence-corrected chi connectivity index (χ2v) is 6.46. The average Bonchev–Trinajstić information content (AvgIpc) is 2.50. The van der Waals surface area contributed by atoms with Gasteiger partial charge in [0, 0.05) is 21.6 Å². The zero-order chi connectivity index (χ0) is 15.5. The molecule has 0 aliphatic heterocycles. The number of pyridine rings is 1. The molecule has 0 spiro atoms. The van der Waals surface area contributed by atoms with Gasteiger partial charge in [0.1, 0.15) is 5.82 Å². The normalized spacial score (nSPS) is 11.2. The highest BCUT2D eigenvalue weighted by atomic mass is 79.9. The number of halogens is 1. The van der Waals surface area contributed by atoms with Crippen LogP contribution < -0.4 is 5.32 Å². The summed E-state index contributed by atoms with van der Waals surface area (Å²) in [7, 11) is 0. The fourth-order valence-corrected chi connectivity index (χ4v) is 2.24. The van der Waals surface area contributed by atoms with Gasteiger partial charge in [0.2, 0.25) is 5.91 Å². The van der Waals surface area contributed by atoms with Gasteiger partial charge in [0.05, 0.1) is 0 Å². The summed E-state index contributed by atoms with van der Waals surface area (Å²) in [5.74, 6) is 0.558. The molecule has 1 amide bonds.